The van der Waals surface area contributed by atoms with Crippen LogP contribution in [-0.2, 0) is 4.79 Å². The van der Waals surface area contributed by atoms with E-state index in [9.17, 15) is 4.79 Å². The average molecular weight is 302 g/mol. The molecule has 3 rings (SSSR count). The number of benzene rings is 1. The van der Waals surface area contributed by atoms with Gasteiger partial charge >= 0.3 is 0 Å². The molecule has 0 aromatic heterocycles. The van der Waals surface area contributed by atoms with Crippen molar-refractivity contribution in [2.24, 2.45) is 17.8 Å². The molecule has 1 aliphatic carbocycles. The Hall–Kier alpha value is -1.55. The van der Waals surface area contributed by atoms with Crippen molar-refractivity contribution in [3.05, 3.63) is 24.3 Å². The first kappa shape index (κ1) is 15.3. The number of carbonyl (C=O) groups excluding carboxylic acids is 1. The van der Waals surface area contributed by atoms with E-state index in [1.807, 2.05) is 29.2 Å². The van der Waals surface area contributed by atoms with Crippen LogP contribution in [0.2, 0.25) is 0 Å². The van der Waals surface area contributed by atoms with E-state index >= 15 is 0 Å². The molecule has 0 bridgehead atoms. The first-order chi connectivity index (χ1) is 10.6. The first-order valence-corrected chi connectivity index (χ1v) is 8.29. The van der Waals surface area contributed by atoms with Crippen molar-refractivity contribution < 1.29 is 9.53 Å². The molecule has 4 nitrogen and oxygen atoms in total. The summed E-state index contributed by atoms with van der Waals surface area (Å²) in [5, 5.41) is 3.27. The Labute approximate surface area is 132 Å². The molecule has 1 N–H and O–H groups in total. The van der Waals surface area contributed by atoms with Gasteiger partial charge in [-0.2, -0.15) is 0 Å². The van der Waals surface area contributed by atoms with Gasteiger partial charge in [-0.3, -0.25) is 4.79 Å². The Kier molecular flexibility index (Phi) is 4.39. The standard InChI is InChI=1S/C18H26N2O2/c1-12(15-10-19-11-15)18(21)20(13(2)14-4-5-14)16-6-8-17(22-3)9-7-16/h6-9,12-15,19H,4-5,10-11H2,1-3H3. The Balaban J connectivity index is 1.83. The normalized spacial score (nSPS) is 20.9. The summed E-state index contributed by atoms with van der Waals surface area (Å²) in [7, 11) is 1.66. The van der Waals surface area contributed by atoms with Gasteiger partial charge in [-0.05, 0) is 69.0 Å². The van der Waals surface area contributed by atoms with Gasteiger partial charge in [0.05, 0.1) is 7.11 Å². The zero-order chi connectivity index (χ0) is 15.7. The number of nitrogens with one attached hydrogen (secondary N) is 1. The average Bonchev–Trinajstić information content (AvgIpc) is 3.30. The Morgan fingerprint density at radius 3 is 2.27 bits per heavy atom. The van der Waals surface area contributed by atoms with Crippen LogP contribution in [0.1, 0.15) is 26.7 Å². The SMILES string of the molecule is COc1ccc(N(C(=O)C(C)C2CNC2)C(C)C2CC2)cc1. The van der Waals surface area contributed by atoms with Gasteiger partial charge in [0.1, 0.15) is 5.75 Å². The summed E-state index contributed by atoms with van der Waals surface area (Å²) in [6.07, 6.45) is 2.47. The molecule has 120 valence electrons. The van der Waals surface area contributed by atoms with E-state index in [2.05, 4.69) is 19.2 Å². The third-order valence-electron chi connectivity index (χ3n) is 5.21. The van der Waals surface area contributed by atoms with Crippen LogP contribution in [0.3, 0.4) is 0 Å². The molecule has 0 radical (unpaired) electrons. The van der Waals surface area contributed by atoms with Gasteiger partial charge in [-0.1, -0.05) is 6.92 Å². The molecule has 1 heterocycles. The number of hydrogen-bond acceptors (Lipinski definition) is 3. The Morgan fingerprint density at radius 2 is 1.82 bits per heavy atom. The summed E-state index contributed by atoms with van der Waals surface area (Å²) in [4.78, 5) is 15.1. The van der Waals surface area contributed by atoms with Gasteiger partial charge in [0.2, 0.25) is 5.91 Å². The highest BCUT2D eigenvalue weighted by Crippen LogP contribution is 2.38. The lowest BCUT2D eigenvalue weighted by Crippen LogP contribution is -2.52. The topological polar surface area (TPSA) is 41.6 Å². The van der Waals surface area contributed by atoms with Crippen LogP contribution in [0.5, 0.6) is 5.75 Å². The number of nitrogens with zero attached hydrogens (tertiary/aromatic N) is 1. The molecule has 1 amide bonds. The maximum atomic E-state index is 13.1. The first-order valence-electron chi connectivity index (χ1n) is 8.29. The summed E-state index contributed by atoms with van der Waals surface area (Å²) in [5.74, 6) is 2.28. The summed E-state index contributed by atoms with van der Waals surface area (Å²) < 4.78 is 5.23. The van der Waals surface area contributed by atoms with E-state index in [4.69, 9.17) is 4.74 Å². The van der Waals surface area contributed by atoms with Crippen molar-refractivity contribution in [1.29, 1.82) is 0 Å². The lowest BCUT2D eigenvalue weighted by molar-refractivity contribution is -0.124. The smallest absolute Gasteiger partial charge is 0.230 e. The molecular weight excluding hydrogens is 276 g/mol. The summed E-state index contributed by atoms with van der Waals surface area (Å²) in [6.45, 7) is 6.18. The zero-order valence-corrected chi connectivity index (χ0v) is 13.7. The molecule has 1 aliphatic heterocycles. The minimum absolute atomic E-state index is 0.0737. The van der Waals surface area contributed by atoms with E-state index in [0.717, 1.165) is 24.5 Å². The number of methoxy groups -OCH3 is 1. The highest BCUT2D eigenvalue weighted by Gasteiger charge is 2.39. The Morgan fingerprint density at radius 1 is 1.18 bits per heavy atom. The molecule has 2 aliphatic rings. The van der Waals surface area contributed by atoms with E-state index < -0.39 is 0 Å². The molecule has 1 saturated carbocycles. The number of carbonyl (C=O) groups is 1. The van der Waals surface area contributed by atoms with Crippen LogP contribution in [0.15, 0.2) is 24.3 Å². The minimum Gasteiger partial charge on any atom is -0.497 e. The van der Waals surface area contributed by atoms with Crippen LogP contribution in [0, 0.1) is 17.8 Å². The fourth-order valence-electron chi connectivity index (χ4n) is 3.18. The zero-order valence-electron chi connectivity index (χ0n) is 13.7. The lowest BCUT2D eigenvalue weighted by atomic mass is 9.87. The maximum absolute atomic E-state index is 13.1. The summed E-state index contributed by atoms with van der Waals surface area (Å²) >= 11 is 0. The quantitative estimate of drug-likeness (QED) is 0.878. The van der Waals surface area contributed by atoms with Crippen LogP contribution in [0.4, 0.5) is 5.69 Å². The van der Waals surface area contributed by atoms with Crippen LogP contribution in [0.25, 0.3) is 0 Å². The third-order valence-corrected chi connectivity index (χ3v) is 5.21. The van der Waals surface area contributed by atoms with Crippen molar-refractivity contribution >= 4 is 11.6 Å². The van der Waals surface area contributed by atoms with Crippen LogP contribution >= 0.6 is 0 Å². The minimum atomic E-state index is 0.0737. The van der Waals surface area contributed by atoms with Gasteiger partial charge in [0, 0.05) is 17.6 Å². The van der Waals surface area contributed by atoms with Crippen molar-refractivity contribution in [1.82, 2.24) is 5.32 Å². The molecular formula is C18H26N2O2. The molecule has 4 heteroatoms. The van der Waals surface area contributed by atoms with Gasteiger partial charge in [0.25, 0.3) is 0 Å². The second-order valence-electron chi connectivity index (χ2n) is 6.69. The summed E-state index contributed by atoms with van der Waals surface area (Å²) in [5.41, 5.74) is 0.990. The molecule has 1 saturated heterocycles. The van der Waals surface area contributed by atoms with Gasteiger partial charge in [-0.25, -0.2) is 0 Å². The predicted octanol–water partition coefficient (Wildman–Crippen LogP) is 2.68. The van der Waals surface area contributed by atoms with E-state index in [1.165, 1.54) is 12.8 Å². The predicted molar refractivity (Wildman–Crippen MR) is 88.2 cm³/mol. The number of hydrogen-bond donors (Lipinski definition) is 1. The monoisotopic (exact) mass is 302 g/mol. The fourth-order valence-corrected chi connectivity index (χ4v) is 3.18. The van der Waals surface area contributed by atoms with E-state index in [-0.39, 0.29) is 17.9 Å². The molecule has 1 aromatic rings. The highest BCUT2D eigenvalue weighted by atomic mass is 16.5. The number of amides is 1. The molecule has 0 spiro atoms. The molecule has 2 fully saturated rings. The Bertz CT molecular complexity index is 520. The maximum Gasteiger partial charge on any atom is 0.230 e. The second kappa shape index (κ2) is 6.29. The number of ether oxygens (including phenoxy) is 1. The number of rotatable bonds is 6. The largest absolute Gasteiger partial charge is 0.497 e. The van der Waals surface area contributed by atoms with Gasteiger partial charge < -0.3 is 15.0 Å². The lowest BCUT2D eigenvalue weighted by Gasteiger charge is -2.37. The van der Waals surface area contributed by atoms with Crippen molar-refractivity contribution in [3.63, 3.8) is 0 Å². The van der Waals surface area contributed by atoms with Gasteiger partial charge in [0.15, 0.2) is 0 Å². The highest BCUT2D eigenvalue weighted by molar-refractivity contribution is 5.95. The van der Waals surface area contributed by atoms with E-state index in [0.29, 0.717) is 11.8 Å². The molecule has 2 unspecified atom stereocenters. The molecule has 22 heavy (non-hydrogen) atoms. The fraction of sp³-hybridized carbons (Fsp3) is 0.611. The van der Waals surface area contributed by atoms with Gasteiger partial charge in [-0.15, -0.1) is 0 Å². The number of anilines is 1. The van der Waals surface area contributed by atoms with Crippen molar-refractivity contribution in [2.75, 3.05) is 25.1 Å². The van der Waals surface area contributed by atoms with Crippen molar-refractivity contribution in [2.45, 2.75) is 32.7 Å². The van der Waals surface area contributed by atoms with Crippen LogP contribution in [-0.4, -0.2) is 32.1 Å². The second-order valence-corrected chi connectivity index (χ2v) is 6.69. The third kappa shape index (κ3) is 2.98. The van der Waals surface area contributed by atoms with Crippen molar-refractivity contribution in [3.8, 4) is 5.75 Å². The molecule has 1 aromatic carbocycles. The summed E-state index contributed by atoms with van der Waals surface area (Å²) in [6, 6.07) is 8.15. The van der Waals surface area contributed by atoms with E-state index in [1.54, 1.807) is 7.11 Å². The molecule has 2 atom stereocenters. The van der Waals surface area contributed by atoms with Crippen LogP contribution < -0.4 is 15.0 Å².